The second-order valence-electron chi connectivity index (χ2n) is 7.75. The molecule has 0 saturated carbocycles. The second-order valence-corrected chi connectivity index (χ2v) is 9.76. The monoisotopic (exact) mass is 456 g/mol. The third kappa shape index (κ3) is 6.68. The van der Waals surface area contributed by atoms with Crippen molar-refractivity contribution < 1.29 is 22.4 Å². The zero-order valence-corrected chi connectivity index (χ0v) is 19.4. The Bertz CT molecular complexity index is 1150. The zero-order valence-electron chi connectivity index (χ0n) is 18.6. The number of carbonyl (C=O) groups excluding carboxylic acids is 1. The first-order valence-electron chi connectivity index (χ1n) is 10.4. The molecule has 0 spiro atoms. The molecule has 0 saturated heterocycles. The summed E-state index contributed by atoms with van der Waals surface area (Å²) in [6.45, 7) is 2.94. The molecule has 8 heteroatoms. The van der Waals surface area contributed by atoms with Crippen LogP contribution in [0.1, 0.15) is 24.3 Å². The van der Waals surface area contributed by atoms with E-state index < -0.39 is 9.84 Å². The van der Waals surface area contributed by atoms with Gasteiger partial charge in [0.25, 0.3) is 0 Å². The average molecular weight is 457 g/mol. The van der Waals surface area contributed by atoms with Crippen LogP contribution in [-0.2, 0) is 21.1 Å². The largest absolute Gasteiger partial charge is 0.493 e. The number of benzene rings is 2. The number of hydrogen-bond donors (Lipinski definition) is 0. The Morgan fingerprint density at radius 2 is 1.91 bits per heavy atom. The molecule has 32 heavy (non-hydrogen) atoms. The van der Waals surface area contributed by atoms with Gasteiger partial charge in [-0.2, -0.15) is 0 Å². The van der Waals surface area contributed by atoms with Crippen LogP contribution in [0.25, 0.3) is 11.3 Å². The highest BCUT2D eigenvalue weighted by Crippen LogP contribution is 2.21. The van der Waals surface area contributed by atoms with Gasteiger partial charge in [0, 0.05) is 38.3 Å². The maximum absolute atomic E-state index is 12.4. The summed E-state index contributed by atoms with van der Waals surface area (Å²) in [4.78, 5) is 18.6. The molecule has 0 bridgehead atoms. The summed E-state index contributed by atoms with van der Waals surface area (Å²) in [5.74, 6) is 1.73. The first-order chi connectivity index (χ1) is 15.2. The molecule has 0 fully saturated rings. The highest BCUT2D eigenvalue weighted by Gasteiger charge is 2.13. The first kappa shape index (κ1) is 23.5. The van der Waals surface area contributed by atoms with Gasteiger partial charge < -0.3 is 14.1 Å². The molecule has 3 rings (SSSR count). The number of ether oxygens (including phenoxy) is 1. The number of amides is 1. The molecule has 0 aliphatic heterocycles. The highest BCUT2D eigenvalue weighted by atomic mass is 32.2. The van der Waals surface area contributed by atoms with Gasteiger partial charge in [-0.3, -0.25) is 4.79 Å². The Morgan fingerprint density at radius 3 is 2.62 bits per heavy atom. The summed E-state index contributed by atoms with van der Waals surface area (Å²) in [6.07, 6.45) is 4.21. The van der Waals surface area contributed by atoms with Gasteiger partial charge in [0.05, 0.1) is 17.7 Å². The van der Waals surface area contributed by atoms with Crippen molar-refractivity contribution in [3.05, 3.63) is 66.2 Å². The van der Waals surface area contributed by atoms with E-state index in [-0.39, 0.29) is 10.8 Å². The molecular formula is C24H28N2O5S. The Hall–Kier alpha value is -3.13. The lowest BCUT2D eigenvalue weighted by molar-refractivity contribution is -0.130. The molecular weight excluding hydrogens is 428 g/mol. The molecule has 0 aliphatic rings. The van der Waals surface area contributed by atoms with E-state index in [0.717, 1.165) is 11.8 Å². The van der Waals surface area contributed by atoms with E-state index in [2.05, 4.69) is 4.98 Å². The SMILES string of the molecule is Cc1ccc(-c2cnc(CCC(=O)N(C)CCCOc3cccc(S(C)(=O)=O)c3)o2)cc1. The molecule has 0 atom stereocenters. The van der Waals surface area contributed by atoms with Crippen molar-refractivity contribution in [2.24, 2.45) is 0 Å². The number of sulfone groups is 1. The minimum absolute atomic E-state index is 0.000778. The predicted molar refractivity (Wildman–Crippen MR) is 122 cm³/mol. The lowest BCUT2D eigenvalue weighted by atomic mass is 10.1. The Balaban J connectivity index is 1.40. The number of hydrogen-bond acceptors (Lipinski definition) is 6. The van der Waals surface area contributed by atoms with Crippen molar-refractivity contribution in [1.82, 2.24) is 9.88 Å². The Morgan fingerprint density at radius 1 is 1.16 bits per heavy atom. The number of aromatic nitrogens is 1. The Kier molecular flexibility index (Phi) is 7.69. The normalized spacial score (nSPS) is 11.3. The number of rotatable bonds is 10. The third-order valence-corrected chi connectivity index (χ3v) is 6.12. The van der Waals surface area contributed by atoms with Crippen molar-refractivity contribution in [2.45, 2.75) is 31.1 Å². The lowest BCUT2D eigenvalue weighted by Crippen LogP contribution is -2.28. The number of oxazole rings is 1. The molecule has 2 aromatic carbocycles. The van der Waals surface area contributed by atoms with Crippen LogP contribution < -0.4 is 4.74 Å². The molecule has 0 unspecified atom stereocenters. The van der Waals surface area contributed by atoms with Gasteiger partial charge in [-0.25, -0.2) is 13.4 Å². The molecule has 1 amide bonds. The third-order valence-electron chi connectivity index (χ3n) is 5.01. The van der Waals surface area contributed by atoms with E-state index in [9.17, 15) is 13.2 Å². The van der Waals surface area contributed by atoms with Gasteiger partial charge in [0.15, 0.2) is 21.5 Å². The van der Waals surface area contributed by atoms with Crippen LogP contribution in [0.15, 0.2) is 64.0 Å². The number of aryl methyl sites for hydroxylation is 2. The first-order valence-corrected chi connectivity index (χ1v) is 12.3. The molecule has 0 aliphatic carbocycles. The van der Waals surface area contributed by atoms with Crippen molar-refractivity contribution >= 4 is 15.7 Å². The molecule has 1 heterocycles. The van der Waals surface area contributed by atoms with E-state index in [0.29, 0.717) is 49.8 Å². The minimum atomic E-state index is -3.27. The molecule has 3 aromatic rings. The van der Waals surface area contributed by atoms with Crippen LogP contribution in [0.5, 0.6) is 5.75 Å². The van der Waals surface area contributed by atoms with E-state index in [1.54, 1.807) is 30.3 Å². The van der Waals surface area contributed by atoms with Gasteiger partial charge in [0.1, 0.15) is 5.75 Å². The second kappa shape index (κ2) is 10.5. The van der Waals surface area contributed by atoms with Crippen molar-refractivity contribution in [1.29, 1.82) is 0 Å². The van der Waals surface area contributed by atoms with Crippen LogP contribution in [0, 0.1) is 6.92 Å². The summed E-state index contributed by atoms with van der Waals surface area (Å²) in [7, 11) is -1.52. The maximum atomic E-state index is 12.4. The summed E-state index contributed by atoms with van der Waals surface area (Å²) in [6, 6.07) is 14.4. The van der Waals surface area contributed by atoms with Gasteiger partial charge in [-0.15, -0.1) is 0 Å². The molecule has 0 N–H and O–H groups in total. The number of carbonyl (C=O) groups is 1. The topological polar surface area (TPSA) is 89.7 Å². The van der Waals surface area contributed by atoms with Crippen molar-refractivity contribution in [2.75, 3.05) is 26.5 Å². The van der Waals surface area contributed by atoms with Crippen LogP contribution in [-0.4, -0.2) is 50.7 Å². The van der Waals surface area contributed by atoms with Crippen LogP contribution >= 0.6 is 0 Å². The molecule has 0 radical (unpaired) electrons. The van der Waals surface area contributed by atoms with Crippen molar-refractivity contribution in [3.8, 4) is 17.1 Å². The van der Waals surface area contributed by atoms with E-state index in [1.807, 2.05) is 31.2 Å². The zero-order chi connectivity index (χ0) is 23.1. The maximum Gasteiger partial charge on any atom is 0.222 e. The standard InChI is InChI=1S/C24H28N2O5S/c1-18-8-10-19(11-9-18)22-17-25-23(31-22)12-13-24(27)26(2)14-5-15-30-20-6-4-7-21(16-20)32(3,28)29/h4,6-11,16-17H,5,12-15H2,1-3H3. The van der Waals surface area contributed by atoms with E-state index in [4.69, 9.17) is 9.15 Å². The van der Waals surface area contributed by atoms with Gasteiger partial charge in [-0.05, 0) is 31.5 Å². The minimum Gasteiger partial charge on any atom is -0.493 e. The van der Waals surface area contributed by atoms with E-state index in [1.165, 1.54) is 17.7 Å². The van der Waals surface area contributed by atoms with Gasteiger partial charge in [-0.1, -0.05) is 35.9 Å². The van der Waals surface area contributed by atoms with Gasteiger partial charge >= 0.3 is 0 Å². The molecule has 7 nitrogen and oxygen atoms in total. The molecule has 1 aromatic heterocycles. The predicted octanol–water partition coefficient (Wildman–Crippen LogP) is 3.91. The Labute approximate surface area is 189 Å². The van der Waals surface area contributed by atoms with Crippen molar-refractivity contribution in [3.63, 3.8) is 0 Å². The quantitative estimate of drug-likeness (QED) is 0.430. The average Bonchev–Trinajstić information content (AvgIpc) is 3.24. The van der Waals surface area contributed by atoms with Gasteiger partial charge in [0.2, 0.25) is 5.91 Å². The highest BCUT2D eigenvalue weighted by molar-refractivity contribution is 7.90. The van der Waals surface area contributed by atoms with Crippen LogP contribution in [0.2, 0.25) is 0 Å². The number of nitrogens with zero attached hydrogens (tertiary/aromatic N) is 2. The summed E-state index contributed by atoms with van der Waals surface area (Å²) >= 11 is 0. The fourth-order valence-corrected chi connectivity index (χ4v) is 3.75. The lowest BCUT2D eigenvalue weighted by Gasteiger charge is -2.17. The summed E-state index contributed by atoms with van der Waals surface area (Å²) in [5.41, 5.74) is 2.13. The van der Waals surface area contributed by atoms with Crippen LogP contribution in [0.4, 0.5) is 0 Å². The summed E-state index contributed by atoms with van der Waals surface area (Å²) < 4.78 is 34.6. The van der Waals surface area contributed by atoms with E-state index >= 15 is 0 Å². The smallest absolute Gasteiger partial charge is 0.222 e. The van der Waals surface area contributed by atoms with Crippen LogP contribution in [0.3, 0.4) is 0 Å². The summed E-state index contributed by atoms with van der Waals surface area (Å²) in [5, 5.41) is 0. The molecule has 170 valence electrons. The fourth-order valence-electron chi connectivity index (χ4n) is 3.09. The fraction of sp³-hybridized carbons (Fsp3) is 0.333.